The van der Waals surface area contributed by atoms with Gasteiger partial charge in [-0.1, -0.05) is 50.6 Å². The maximum atomic E-state index is 14.9. The highest BCUT2D eigenvalue weighted by molar-refractivity contribution is 5.81. The van der Waals surface area contributed by atoms with Crippen LogP contribution in [0.25, 0.3) is 0 Å². The van der Waals surface area contributed by atoms with Crippen LogP contribution in [0.2, 0.25) is 0 Å². The van der Waals surface area contributed by atoms with Crippen LogP contribution >= 0.6 is 0 Å². The van der Waals surface area contributed by atoms with Gasteiger partial charge >= 0.3 is 11.9 Å². The van der Waals surface area contributed by atoms with Gasteiger partial charge in [0.15, 0.2) is 11.2 Å². The lowest BCUT2D eigenvalue weighted by atomic mass is 9.49. The monoisotopic (exact) mass is 680 g/mol. The van der Waals surface area contributed by atoms with Gasteiger partial charge in [0, 0.05) is 36.5 Å². The fourth-order valence-corrected chi connectivity index (χ4v) is 12.0. The van der Waals surface area contributed by atoms with Gasteiger partial charge in [-0.15, -0.1) is 0 Å². The second-order valence-corrected chi connectivity index (χ2v) is 17.3. The minimum atomic E-state index is -1.02. The van der Waals surface area contributed by atoms with Crippen molar-refractivity contribution in [2.45, 2.75) is 147 Å². The minimum absolute atomic E-state index is 0.0848. The summed E-state index contributed by atoms with van der Waals surface area (Å²) in [5, 5.41) is 0. The SMILES string of the molecule is C[C@@H]1CC[C@H]2[C@H](C[C@@]3(CCCCc4ccccc4)C(=O)O[C@@H]4O[C@@]5(C)CC[C@H]6[C@H](C)CC[C@@H]3[C@@]46OO5)C(=O)O[C@@H]3O[C@@]4(C)CC[C@@H]1[C@]32OO4. The summed E-state index contributed by atoms with van der Waals surface area (Å²) >= 11 is 0. The molecule has 8 saturated heterocycles. The van der Waals surface area contributed by atoms with E-state index in [1.54, 1.807) is 0 Å². The molecular weight excluding hydrogens is 628 g/mol. The summed E-state index contributed by atoms with van der Waals surface area (Å²) in [7, 11) is 0. The van der Waals surface area contributed by atoms with E-state index in [-0.39, 0.29) is 42.0 Å². The topological polar surface area (TPSA) is 108 Å². The molecule has 49 heavy (non-hydrogen) atoms. The van der Waals surface area contributed by atoms with E-state index in [0.29, 0.717) is 31.1 Å². The quantitative estimate of drug-likeness (QED) is 0.171. The minimum Gasteiger partial charge on any atom is -0.432 e. The summed E-state index contributed by atoms with van der Waals surface area (Å²) in [5.74, 6) is -2.78. The number of benzene rings is 1. The van der Waals surface area contributed by atoms with Gasteiger partial charge in [0.1, 0.15) is 0 Å². The Hall–Kier alpha value is -2.08. The maximum absolute atomic E-state index is 14.9. The number of hydrogen-bond donors (Lipinski definition) is 0. The fourth-order valence-electron chi connectivity index (χ4n) is 12.0. The van der Waals surface area contributed by atoms with Crippen molar-refractivity contribution >= 4 is 11.9 Å². The van der Waals surface area contributed by atoms with Crippen LogP contribution in [0.15, 0.2) is 30.3 Å². The highest BCUT2D eigenvalue weighted by Gasteiger charge is 2.76. The van der Waals surface area contributed by atoms with Crippen molar-refractivity contribution in [1.82, 2.24) is 0 Å². The molecule has 10 fully saturated rings. The van der Waals surface area contributed by atoms with E-state index >= 15 is 0 Å². The smallest absolute Gasteiger partial charge is 0.314 e. The molecule has 0 aromatic heterocycles. The summed E-state index contributed by atoms with van der Waals surface area (Å²) in [6.07, 6.45) is 8.22. The van der Waals surface area contributed by atoms with Crippen molar-refractivity contribution < 1.29 is 48.1 Å². The lowest BCUT2D eigenvalue weighted by Crippen LogP contribution is -2.74. The van der Waals surface area contributed by atoms with E-state index < -0.39 is 46.7 Å². The van der Waals surface area contributed by atoms with E-state index in [1.165, 1.54) is 5.56 Å². The number of esters is 2. The Morgan fingerprint density at radius 2 is 1.33 bits per heavy atom. The van der Waals surface area contributed by atoms with Crippen LogP contribution in [0.5, 0.6) is 0 Å². The van der Waals surface area contributed by atoms with Crippen LogP contribution in [0.3, 0.4) is 0 Å². The van der Waals surface area contributed by atoms with Gasteiger partial charge in [-0.3, -0.25) is 9.59 Å². The lowest BCUT2D eigenvalue weighted by molar-refractivity contribution is -0.564. The Balaban J connectivity index is 1.11. The van der Waals surface area contributed by atoms with Crippen LogP contribution in [0.1, 0.15) is 110 Å². The molecule has 2 saturated carbocycles. The highest BCUT2D eigenvalue weighted by Crippen LogP contribution is 2.67. The number of ether oxygens (including phenoxy) is 4. The molecule has 2 spiro atoms. The molecule has 10 nitrogen and oxygen atoms in total. The van der Waals surface area contributed by atoms with Crippen molar-refractivity contribution in [3.8, 4) is 0 Å². The van der Waals surface area contributed by atoms with E-state index in [1.807, 2.05) is 19.9 Å². The summed E-state index contributed by atoms with van der Waals surface area (Å²) in [6, 6.07) is 10.5. The molecule has 1 aromatic rings. The van der Waals surface area contributed by atoms with Crippen LogP contribution in [0.4, 0.5) is 0 Å². The van der Waals surface area contributed by atoms with Gasteiger partial charge in [-0.25, -0.2) is 19.6 Å². The highest BCUT2D eigenvalue weighted by atomic mass is 17.3. The molecule has 0 unspecified atom stereocenters. The summed E-state index contributed by atoms with van der Waals surface area (Å²) in [5.41, 5.74) is -1.63. The Kier molecular flexibility index (Phi) is 7.67. The average molecular weight is 681 g/mol. The number of carbonyl (C=O) groups excluding carboxylic acids is 2. The molecule has 14 atom stereocenters. The van der Waals surface area contributed by atoms with Crippen molar-refractivity contribution in [3.05, 3.63) is 35.9 Å². The summed E-state index contributed by atoms with van der Waals surface area (Å²) < 4.78 is 25.7. The third kappa shape index (κ3) is 4.72. The van der Waals surface area contributed by atoms with Gasteiger partial charge in [0.05, 0.1) is 11.3 Å². The number of rotatable bonds is 7. The van der Waals surface area contributed by atoms with Crippen molar-refractivity contribution in [2.75, 3.05) is 0 Å². The van der Waals surface area contributed by atoms with Gasteiger partial charge in [-0.05, 0) is 95.5 Å². The first kappa shape index (κ1) is 32.8. The van der Waals surface area contributed by atoms with Crippen LogP contribution in [-0.2, 0) is 54.5 Å². The number of carbonyl (C=O) groups is 2. The standard InChI is InChI=1S/C39H52O10/c1-23-13-15-29-26(31(40)42-33-38(29)27(23)17-20-35(3,44-33)46-48-38)22-37(19-9-8-12-25-10-6-5-7-11-25)30-16-14-24(2)28-18-21-36(4)45-34(43-32(37)41)39(28,30)49-47-36/h5-7,10-11,23-24,26-30,33-34H,8-9,12-22H2,1-4H3/t23-,24-,26+,27+,28+,29+,30+,33-,34-,35-,36-,37-,38-,39-/m1/s1. The normalized spacial score (nSPS) is 51.1. The first-order valence-electron chi connectivity index (χ1n) is 19.1. The zero-order chi connectivity index (χ0) is 33.8. The largest absolute Gasteiger partial charge is 0.432 e. The first-order chi connectivity index (χ1) is 23.5. The van der Waals surface area contributed by atoms with Crippen molar-refractivity contribution in [2.24, 2.45) is 46.8 Å². The summed E-state index contributed by atoms with van der Waals surface area (Å²) in [6.45, 7) is 8.27. The number of unbranched alkanes of at least 4 members (excludes halogenated alkanes) is 1. The molecule has 2 aliphatic carbocycles. The predicted octanol–water partition coefficient (Wildman–Crippen LogP) is 6.94. The molecule has 11 rings (SSSR count). The Morgan fingerprint density at radius 3 is 2.04 bits per heavy atom. The molecule has 8 heterocycles. The van der Waals surface area contributed by atoms with Gasteiger partial charge in [0.2, 0.25) is 24.2 Å². The third-order valence-electron chi connectivity index (χ3n) is 14.6. The molecule has 268 valence electrons. The molecule has 10 heteroatoms. The van der Waals surface area contributed by atoms with Crippen molar-refractivity contribution in [1.29, 1.82) is 0 Å². The maximum Gasteiger partial charge on any atom is 0.314 e. The molecule has 4 bridgehead atoms. The van der Waals surface area contributed by atoms with Gasteiger partial charge in [0.25, 0.3) is 0 Å². The van der Waals surface area contributed by atoms with Gasteiger partial charge in [-0.2, -0.15) is 0 Å². The molecule has 0 amide bonds. The van der Waals surface area contributed by atoms with Crippen LogP contribution in [0, 0.1) is 46.8 Å². The van der Waals surface area contributed by atoms with Crippen LogP contribution in [-0.4, -0.2) is 47.3 Å². The molecule has 8 aliphatic heterocycles. The number of fused-ring (bicyclic) bond motifs is 4. The number of aryl methyl sites for hydroxylation is 1. The predicted molar refractivity (Wildman–Crippen MR) is 172 cm³/mol. The molecule has 0 N–H and O–H groups in total. The zero-order valence-corrected chi connectivity index (χ0v) is 29.4. The Labute approximate surface area is 289 Å². The number of hydrogen-bond acceptors (Lipinski definition) is 10. The molecule has 10 aliphatic rings. The lowest BCUT2D eigenvalue weighted by Gasteiger charge is -2.63. The van der Waals surface area contributed by atoms with Crippen LogP contribution < -0.4 is 0 Å². The van der Waals surface area contributed by atoms with E-state index in [0.717, 1.165) is 57.8 Å². The van der Waals surface area contributed by atoms with E-state index in [9.17, 15) is 9.59 Å². The third-order valence-corrected chi connectivity index (χ3v) is 14.6. The first-order valence-corrected chi connectivity index (χ1v) is 19.1. The van der Waals surface area contributed by atoms with Crippen molar-refractivity contribution in [3.63, 3.8) is 0 Å². The van der Waals surface area contributed by atoms with E-state index in [4.69, 9.17) is 38.5 Å². The Bertz CT molecular complexity index is 1470. The summed E-state index contributed by atoms with van der Waals surface area (Å²) in [4.78, 5) is 54.5. The zero-order valence-electron chi connectivity index (χ0n) is 29.4. The Morgan fingerprint density at radius 1 is 0.694 bits per heavy atom. The second-order valence-electron chi connectivity index (χ2n) is 17.3. The van der Waals surface area contributed by atoms with E-state index in [2.05, 4.69) is 38.1 Å². The molecule has 1 aromatic carbocycles. The molecule has 0 radical (unpaired) electrons. The fraction of sp³-hybridized carbons (Fsp3) is 0.795. The molecular formula is C39H52O10. The van der Waals surface area contributed by atoms with Gasteiger partial charge < -0.3 is 18.9 Å². The average Bonchev–Trinajstić information content (AvgIpc) is 3.46. The second kappa shape index (κ2) is 11.5.